The molecule has 0 radical (unpaired) electrons. The summed E-state index contributed by atoms with van der Waals surface area (Å²) >= 11 is 0. The molecule has 2 heterocycles. The molecule has 0 saturated carbocycles. The first-order chi connectivity index (χ1) is 15.2. The minimum Gasteiger partial charge on any atom is -0.347 e. The van der Waals surface area contributed by atoms with Crippen molar-refractivity contribution in [3.63, 3.8) is 0 Å². The van der Waals surface area contributed by atoms with Gasteiger partial charge in [-0.25, -0.2) is 0 Å². The zero-order chi connectivity index (χ0) is 21.2. The van der Waals surface area contributed by atoms with Crippen LogP contribution in [-0.4, -0.2) is 59.9 Å². The summed E-state index contributed by atoms with van der Waals surface area (Å²) in [5, 5.41) is 3.08. The van der Waals surface area contributed by atoms with Crippen molar-refractivity contribution in [2.45, 2.75) is 12.1 Å². The highest BCUT2D eigenvalue weighted by molar-refractivity contribution is 5.95. The molecule has 0 unspecified atom stereocenters. The van der Waals surface area contributed by atoms with Crippen molar-refractivity contribution >= 4 is 11.8 Å². The number of carbonyl (C=O) groups is 2. The molecule has 2 aliphatic heterocycles. The second-order valence-corrected chi connectivity index (χ2v) is 8.30. The second kappa shape index (κ2) is 8.36. The predicted octanol–water partition coefficient (Wildman–Crippen LogP) is 3.29. The largest absolute Gasteiger partial charge is 0.347 e. The number of likely N-dealkylation sites (tertiary alicyclic amines) is 2. The third-order valence-corrected chi connectivity index (χ3v) is 6.19. The van der Waals surface area contributed by atoms with Gasteiger partial charge in [-0.2, -0.15) is 0 Å². The van der Waals surface area contributed by atoms with E-state index < -0.39 is 0 Å². The molecule has 5 nitrogen and oxygen atoms in total. The number of nitrogens with one attached hydrogen (secondary N) is 1. The average Bonchev–Trinajstić information content (AvgIpc) is 2.77. The summed E-state index contributed by atoms with van der Waals surface area (Å²) in [4.78, 5) is 29.3. The van der Waals surface area contributed by atoms with Gasteiger partial charge in [0.25, 0.3) is 11.8 Å². The van der Waals surface area contributed by atoms with Gasteiger partial charge < -0.3 is 10.2 Å². The maximum absolute atomic E-state index is 12.8. The van der Waals surface area contributed by atoms with Gasteiger partial charge in [0, 0.05) is 43.3 Å². The van der Waals surface area contributed by atoms with Crippen LogP contribution in [0.2, 0.25) is 0 Å². The Morgan fingerprint density at radius 3 is 1.90 bits per heavy atom. The Morgan fingerprint density at radius 1 is 0.677 bits per heavy atom. The third-order valence-electron chi connectivity index (χ3n) is 6.19. The number of rotatable bonds is 5. The van der Waals surface area contributed by atoms with Gasteiger partial charge in [0.1, 0.15) is 0 Å². The molecule has 2 fully saturated rings. The molecule has 31 heavy (non-hydrogen) atoms. The highest BCUT2D eigenvalue weighted by Crippen LogP contribution is 2.24. The van der Waals surface area contributed by atoms with Gasteiger partial charge >= 0.3 is 0 Å². The lowest BCUT2D eigenvalue weighted by Gasteiger charge is -2.51. The van der Waals surface area contributed by atoms with E-state index >= 15 is 0 Å². The first-order valence-corrected chi connectivity index (χ1v) is 10.7. The number of amides is 2. The monoisotopic (exact) mass is 411 g/mol. The molecule has 5 heteroatoms. The van der Waals surface area contributed by atoms with E-state index in [0.717, 1.165) is 42.9 Å². The van der Waals surface area contributed by atoms with Crippen molar-refractivity contribution < 1.29 is 9.59 Å². The highest BCUT2D eigenvalue weighted by Gasteiger charge is 2.41. The standard InChI is InChI=1S/C26H25N3O2/c30-25(21-9-5-2-6-10-21)27-23-15-28(16-23)24-17-29(18-24)26(31)22-13-11-20(12-14-22)19-7-3-1-4-8-19/h1-14,23-24H,15-18H2,(H,27,30). The quantitative estimate of drug-likeness (QED) is 0.701. The van der Waals surface area contributed by atoms with Crippen molar-refractivity contribution in [2.24, 2.45) is 0 Å². The Kier molecular flexibility index (Phi) is 5.26. The van der Waals surface area contributed by atoms with Crippen molar-refractivity contribution in [3.8, 4) is 11.1 Å². The Morgan fingerprint density at radius 2 is 1.26 bits per heavy atom. The van der Waals surface area contributed by atoms with Crippen LogP contribution in [0.25, 0.3) is 11.1 Å². The van der Waals surface area contributed by atoms with Crippen molar-refractivity contribution in [1.29, 1.82) is 0 Å². The van der Waals surface area contributed by atoms with E-state index in [4.69, 9.17) is 0 Å². The Balaban J connectivity index is 1.08. The van der Waals surface area contributed by atoms with Crippen molar-refractivity contribution in [3.05, 3.63) is 96.1 Å². The normalized spacial score (nSPS) is 17.0. The highest BCUT2D eigenvalue weighted by atomic mass is 16.2. The van der Waals surface area contributed by atoms with Gasteiger partial charge in [-0.05, 0) is 35.4 Å². The first kappa shape index (κ1) is 19.5. The molecule has 2 amide bonds. The summed E-state index contributed by atoms with van der Waals surface area (Å²) < 4.78 is 0. The molecule has 0 aromatic heterocycles. The maximum Gasteiger partial charge on any atom is 0.253 e. The fraction of sp³-hybridized carbons (Fsp3) is 0.231. The summed E-state index contributed by atoms with van der Waals surface area (Å²) in [6, 6.07) is 27.9. The SMILES string of the molecule is O=C(NC1CN(C2CN(C(=O)c3ccc(-c4ccccc4)cc3)C2)C1)c1ccccc1. The predicted molar refractivity (Wildman–Crippen MR) is 121 cm³/mol. The van der Waals surface area contributed by atoms with E-state index in [2.05, 4.69) is 22.3 Å². The zero-order valence-corrected chi connectivity index (χ0v) is 17.3. The van der Waals surface area contributed by atoms with E-state index in [9.17, 15) is 9.59 Å². The number of hydrogen-bond donors (Lipinski definition) is 1. The molecule has 5 rings (SSSR count). The van der Waals surface area contributed by atoms with E-state index in [-0.39, 0.29) is 17.9 Å². The molecule has 0 atom stereocenters. The Bertz CT molecular complexity index is 1050. The fourth-order valence-corrected chi connectivity index (χ4v) is 4.23. The lowest BCUT2D eigenvalue weighted by atomic mass is 9.98. The molecule has 1 N–H and O–H groups in total. The lowest BCUT2D eigenvalue weighted by Crippen LogP contribution is -2.70. The van der Waals surface area contributed by atoms with Gasteiger partial charge in [-0.3, -0.25) is 14.5 Å². The molecule has 3 aromatic carbocycles. The van der Waals surface area contributed by atoms with Gasteiger partial charge in [0.15, 0.2) is 0 Å². The zero-order valence-electron chi connectivity index (χ0n) is 17.3. The average molecular weight is 412 g/mol. The van der Waals surface area contributed by atoms with Crippen LogP contribution in [0.5, 0.6) is 0 Å². The molecular formula is C26H25N3O2. The van der Waals surface area contributed by atoms with Crippen molar-refractivity contribution in [2.75, 3.05) is 26.2 Å². The summed E-state index contributed by atoms with van der Waals surface area (Å²) in [6.07, 6.45) is 0. The number of benzene rings is 3. The van der Waals surface area contributed by atoms with Crippen LogP contribution in [0.3, 0.4) is 0 Å². The molecule has 156 valence electrons. The fourth-order valence-electron chi connectivity index (χ4n) is 4.23. The lowest BCUT2D eigenvalue weighted by molar-refractivity contribution is -0.00941. The van der Waals surface area contributed by atoms with Crippen LogP contribution in [-0.2, 0) is 0 Å². The summed E-state index contributed by atoms with van der Waals surface area (Å²) in [7, 11) is 0. The van der Waals surface area contributed by atoms with Crippen LogP contribution >= 0.6 is 0 Å². The molecule has 0 bridgehead atoms. The van der Waals surface area contributed by atoms with Gasteiger partial charge in [0.2, 0.25) is 0 Å². The summed E-state index contributed by atoms with van der Waals surface area (Å²) in [5.74, 6) is 0.0694. The minimum absolute atomic E-state index is 0.0189. The molecule has 2 saturated heterocycles. The van der Waals surface area contributed by atoms with Crippen LogP contribution in [0, 0.1) is 0 Å². The van der Waals surface area contributed by atoms with Gasteiger partial charge in [-0.1, -0.05) is 60.7 Å². The maximum atomic E-state index is 12.8. The minimum atomic E-state index is -0.0189. The molecule has 0 spiro atoms. The van der Waals surface area contributed by atoms with Crippen LogP contribution in [0.15, 0.2) is 84.9 Å². The number of nitrogens with zero attached hydrogens (tertiary/aromatic N) is 2. The van der Waals surface area contributed by atoms with Gasteiger partial charge in [0.05, 0.1) is 6.04 Å². The molecule has 0 aliphatic carbocycles. The summed E-state index contributed by atoms with van der Waals surface area (Å²) in [6.45, 7) is 3.19. The topological polar surface area (TPSA) is 52.7 Å². The first-order valence-electron chi connectivity index (χ1n) is 10.7. The molecule has 2 aliphatic rings. The number of carbonyl (C=O) groups excluding carboxylic acids is 2. The second-order valence-electron chi connectivity index (χ2n) is 8.30. The smallest absolute Gasteiger partial charge is 0.253 e. The van der Waals surface area contributed by atoms with E-state index in [1.54, 1.807) is 0 Å². The molecular weight excluding hydrogens is 386 g/mol. The van der Waals surface area contributed by atoms with Gasteiger partial charge in [-0.15, -0.1) is 0 Å². The van der Waals surface area contributed by atoms with Crippen molar-refractivity contribution in [1.82, 2.24) is 15.1 Å². The van der Waals surface area contributed by atoms with E-state index in [1.165, 1.54) is 0 Å². The van der Waals surface area contributed by atoms with E-state index in [1.807, 2.05) is 77.7 Å². The Labute approximate surface area is 182 Å². The van der Waals surface area contributed by atoms with Crippen LogP contribution in [0.4, 0.5) is 0 Å². The summed E-state index contributed by atoms with van der Waals surface area (Å²) in [5.41, 5.74) is 3.69. The third kappa shape index (κ3) is 4.09. The molecule has 3 aromatic rings. The Hall–Kier alpha value is -3.44. The van der Waals surface area contributed by atoms with Crippen LogP contribution in [0.1, 0.15) is 20.7 Å². The van der Waals surface area contributed by atoms with Crippen LogP contribution < -0.4 is 5.32 Å². The number of hydrogen-bond acceptors (Lipinski definition) is 3. The van der Waals surface area contributed by atoms with E-state index in [0.29, 0.717) is 11.6 Å².